The van der Waals surface area contributed by atoms with Crippen molar-refractivity contribution in [3.05, 3.63) is 26.4 Å². The van der Waals surface area contributed by atoms with Crippen molar-refractivity contribution < 1.29 is 4.74 Å². The Balaban J connectivity index is 3.15. The van der Waals surface area contributed by atoms with E-state index in [2.05, 4.69) is 36.8 Å². The first-order valence-electron chi connectivity index (χ1n) is 3.91. The Morgan fingerprint density at radius 3 is 2.62 bits per heavy atom. The molecule has 1 unspecified atom stereocenters. The minimum absolute atomic E-state index is 0.0805. The van der Waals surface area contributed by atoms with E-state index in [9.17, 15) is 0 Å². The number of methoxy groups -OCH3 is 1. The Morgan fingerprint density at radius 2 is 2.08 bits per heavy atom. The summed E-state index contributed by atoms with van der Waals surface area (Å²) in [6.45, 7) is 3.98. The van der Waals surface area contributed by atoms with Crippen molar-refractivity contribution in [1.82, 2.24) is 4.98 Å². The van der Waals surface area contributed by atoms with Crippen LogP contribution in [0.5, 0.6) is 0 Å². The van der Waals surface area contributed by atoms with Gasteiger partial charge in [-0.1, -0.05) is 0 Å². The number of ether oxygens (including phenoxy) is 1. The minimum atomic E-state index is 0.0805. The second-order valence-electron chi connectivity index (χ2n) is 2.81. The number of nitrogens with zero attached hydrogens (tertiary/aromatic N) is 1. The Labute approximate surface area is 95.0 Å². The molecule has 0 bridgehead atoms. The van der Waals surface area contributed by atoms with E-state index >= 15 is 0 Å². The molecule has 1 heterocycles. The topological polar surface area (TPSA) is 22.1 Å². The van der Waals surface area contributed by atoms with E-state index < -0.39 is 0 Å². The zero-order chi connectivity index (χ0) is 10.0. The molecule has 0 fully saturated rings. The van der Waals surface area contributed by atoms with Crippen LogP contribution in [0.2, 0.25) is 0 Å². The quantitative estimate of drug-likeness (QED) is 0.779. The maximum absolute atomic E-state index is 5.24. The van der Waals surface area contributed by atoms with E-state index in [1.165, 1.54) is 0 Å². The molecule has 1 atom stereocenters. The number of aromatic nitrogens is 1. The van der Waals surface area contributed by atoms with E-state index in [0.717, 1.165) is 20.3 Å². The SMILES string of the molecule is COC(C)c1cc(Br)c(Br)nc1C. The Kier molecular flexibility index (Phi) is 3.88. The van der Waals surface area contributed by atoms with Gasteiger partial charge in [0.15, 0.2) is 0 Å². The van der Waals surface area contributed by atoms with Gasteiger partial charge in [0.25, 0.3) is 0 Å². The summed E-state index contributed by atoms with van der Waals surface area (Å²) in [7, 11) is 1.69. The van der Waals surface area contributed by atoms with Crippen molar-refractivity contribution in [3.8, 4) is 0 Å². The highest BCUT2D eigenvalue weighted by Gasteiger charge is 2.10. The molecular weight excluding hydrogens is 298 g/mol. The molecule has 0 N–H and O–H groups in total. The molecule has 0 saturated heterocycles. The van der Waals surface area contributed by atoms with E-state index in [0.29, 0.717) is 0 Å². The normalized spacial score (nSPS) is 13.0. The van der Waals surface area contributed by atoms with Gasteiger partial charge in [-0.05, 0) is 51.8 Å². The number of hydrogen-bond donors (Lipinski definition) is 0. The molecule has 0 radical (unpaired) electrons. The summed E-state index contributed by atoms with van der Waals surface area (Å²) in [5, 5.41) is 0. The van der Waals surface area contributed by atoms with Gasteiger partial charge < -0.3 is 4.74 Å². The predicted molar refractivity (Wildman–Crippen MR) is 59.8 cm³/mol. The number of rotatable bonds is 2. The molecule has 1 aromatic rings. The lowest BCUT2D eigenvalue weighted by molar-refractivity contribution is 0.118. The second-order valence-corrected chi connectivity index (χ2v) is 4.42. The zero-order valence-electron chi connectivity index (χ0n) is 7.77. The summed E-state index contributed by atoms with van der Waals surface area (Å²) in [6.07, 6.45) is 0.0805. The molecular formula is C9H11Br2NO. The first-order chi connectivity index (χ1) is 6.06. The first kappa shape index (κ1) is 11.1. The zero-order valence-corrected chi connectivity index (χ0v) is 10.9. The monoisotopic (exact) mass is 307 g/mol. The second kappa shape index (κ2) is 4.53. The fraction of sp³-hybridized carbons (Fsp3) is 0.444. The molecule has 13 heavy (non-hydrogen) atoms. The van der Waals surface area contributed by atoms with Crippen molar-refractivity contribution in [2.24, 2.45) is 0 Å². The molecule has 1 aromatic heterocycles. The Hall–Kier alpha value is 0.0700. The number of aryl methyl sites for hydroxylation is 1. The largest absolute Gasteiger partial charge is 0.377 e. The highest BCUT2D eigenvalue weighted by atomic mass is 79.9. The highest BCUT2D eigenvalue weighted by molar-refractivity contribution is 9.13. The van der Waals surface area contributed by atoms with Crippen LogP contribution >= 0.6 is 31.9 Å². The van der Waals surface area contributed by atoms with Crippen LogP contribution in [0.25, 0.3) is 0 Å². The smallest absolute Gasteiger partial charge is 0.120 e. The summed E-state index contributed by atoms with van der Waals surface area (Å²) in [4.78, 5) is 4.33. The Morgan fingerprint density at radius 1 is 1.46 bits per heavy atom. The van der Waals surface area contributed by atoms with Gasteiger partial charge in [-0.2, -0.15) is 0 Å². The minimum Gasteiger partial charge on any atom is -0.377 e. The van der Waals surface area contributed by atoms with Crippen LogP contribution in [0.15, 0.2) is 15.1 Å². The lowest BCUT2D eigenvalue weighted by Gasteiger charge is -2.13. The van der Waals surface area contributed by atoms with Crippen LogP contribution in [0.1, 0.15) is 24.3 Å². The fourth-order valence-electron chi connectivity index (χ4n) is 1.10. The number of pyridine rings is 1. The van der Waals surface area contributed by atoms with Gasteiger partial charge in [0.05, 0.1) is 10.6 Å². The molecule has 0 spiro atoms. The van der Waals surface area contributed by atoms with Crippen LogP contribution in [-0.4, -0.2) is 12.1 Å². The fourth-order valence-corrected chi connectivity index (χ4v) is 1.82. The van der Waals surface area contributed by atoms with Crippen LogP contribution in [-0.2, 0) is 4.74 Å². The summed E-state index contributed by atoms with van der Waals surface area (Å²) in [5.41, 5.74) is 2.10. The van der Waals surface area contributed by atoms with Gasteiger partial charge in [0.2, 0.25) is 0 Å². The molecule has 72 valence electrons. The average Bonchev–Trinajstić information content (AvgIpc) is 2.10. The summed E-state index contributed by atoms with van der Waals surface area (Å²) in [6, 6.07) is 2.03. The maximum atomic E-state index is 5.24. The van der Waals surface area contributed by atoms with E-state index in [1.807, 2.05) is 19.9 Å². The lowest BCUT2D eigenvalue weighted by Crippen LogP contribution is -2.01. The van der Waals surface area contributed by atoms with Gasteiger partial charge >= 0.3 is 0 Å². The van der Waals surface area contributed by atoms with Crippen LogP contribution < -0.4 is 0 Å². The third-order valence-electron chi connectivity index (χ3n) is 1.95. The molecule has 0 aliphatic rings. The summed E-state index contributed by atoms with van der Waals surface area (Å²) >= 11 is 6.77. The molecule has 0 aromatic carbocycles. The van der Waals surface area contributed by atoms with Gasteiger partial charge in [-0.25, -0.2) is 4.98 Å². The number of halogens is 2. The highest BCUT2D eigenvalue weighted by Crippen LogP contribution is 2.27. The van der Waals surface area contributed by atoms with E-state index in [-0.39, 0.29) is 6.10 Å². The van der Waals surface area contributed by atoms with E-state index in [1.54, 1.807) is 7.11 Å². The summed E-state index contributed by atoms with van der Waals surface area (Å²) in [5.74, 6) is 0. The first-order valence-corrected chi connectivity index (χ1v) is 5.50. The van der Waals surface area contributed by atoms with Crippen LogP contribution in [0, 0.1) is 6.92 Å². The van der Waals surface area contributed by atoms with Gasteiger partial charge in [0.1, 0.15) is 4.60 Å². The van der Waals surface area contributed by atoms with Gasteiger partial charge in [-0.3, -0.25) is 0 Å². The van der Waals surface area contributed by atoms with Crippen LogP contribution in [0.4, 0.5) is 0 Å². The lowest BCUT2D eigenvalue weighted by atomic mass is 10.1. The van der Waals surface area contributed by atoms with Crippen molar-refractivity contribution >= 4 is 31.9 Å². The van der Waals surface area contributed by atoms with Crippen LogP contribution in [0.3, 0.4) is 0 Å². The molecule has 4 heteroatoms. The van der Waals surface area contributed by atoms with Crippen molar-refractivity contribution in [3.63, 3.8) is 0 Å². The molecule has 0 aliphatic heterocycles. The van der Waals surface area contributed by atoms with Crippen molar-refractivity contribution in [1.29, 1.82) is 0 Å². The average molecular weight is 309 g/mol. The third-order valence-corrected chi connectivity index (χ3v) is 3.70. The molecule has 0 saturated carbocycles. The predicted octanol–water partition coefficient (Wildman–Crippen LogP) is 3.62. The summed E-state index contributed by atoms with van der Waals surface area (Å²) < 4.78 is 7.02. The molecule has 0 aliphatic carbocycles. The molecule has 0 amide bonds. The maximum Gasteiger partial charge on any atom is 0.120 e. The molecule has 1 rings (SSSR count). The van der Waals surface area contributed by atoms with Gasteiger partial charge in [-0.15, -0.1) is 0 Å². The van der Waals surface area contributed by atoms with Crippen molar-refractivity contribution in [2.45, 2.75) is 20.0 Å². The van der Waals surface area contributed by atoms with E-state index in [4.69, 9.17) is 4.74 Å². The number of hydrogen-bond acceptors (Lipinski definition) is 2. The third kappa shape index (κ3) is 2.51. The molecule has 2 nitrogen and oxygen atoms in total. The standard InChI is InChI=1S/C9H11Br2NO/c1-5-7(6(2)13-3)4-8(10)9(11)12-5/h4,6H,1-3H3. The van der Waals surface area contributed by atoms with Crippen molar-refractivity contribution in [2.75, 3.05) is 7.11 Å². The van der Waals surface area contributed by atoms with Gasteiger partial charge in [0, 0.05) is 18.4 Å². The Bertz CT molecular complexity index is 315.